The van der Waals surface area contributed by atoms with Crippen molar-refractivity contribution in [3.05, 3.63) is 0 Å². The van der Waals surface area contributed by atoms with Gasteiger partial charge in [-0.3, -0.25) is 4.79 Å². The zero-order valence-electron chi connectivity index (χ0n) is 16.0. The molecule has 0 aromatic rings. The molecular formula is C20H41NO2. The van der Waals surface area contributed by atoms with Crippen molar-refractivity contribution in [1.29, 1.82) is 0 Å². The van der Waals surface area contributed by atoms with Crippen LogP contribution in [-0.2, 0) is 4.79 Å². The summed E-state index contributed by atoms with van der Waals surface area (Å²) in [7, 11) is 0. The third-order valence-electron chi connectivity index (χ3n) is 4.60. The Morgan fingerprint density at radius 3 is 1.57 bits per heavy atom. The first-order chi connectivity index (χ1) is 11.0. The van der Waals surface area contributed by atoms with Crippen molar-refractivity contribution in [1.82, 2.24) is 5.32 Å². The molecule has 2 N–H and O–H groups in total. The van der Waals surface area contributed by atoms with Crippen molar-refractivity contribution in [2.24, 2.45) is 0 Å². The molecule has 0 aliphatic carbocycles. The maximum atomic E-state index is 11.6. The van der Waals surface area contributed by atoms with E-state index in [9.17, 15) is 9.90 Å². The minimum atomic E-state index is -1.05. The minimum Gasteiger partial charge on any atom is -0.371 e. The van der Waals surface area contributed by atoms with E-state index in [0.29, 0.717) is 12.8 Å². The minimum absolute atomic E-state index is 0.0278. The summed E-state index contributed by atoms with van der Waals surface area (Å²) in [6.07, 6.45) is 18.1. The Balaban J connectivity index is 3.23. The summed E-state index contributed by atoms with van der Waals surface area (Å²) in [4.78, 5) is 11.6. The van der Waals surface area contributed by atoms with Crippen molar-refractivity contribution in [2.75, 3.05) is 0 Å². The summed E-state index contributed by atoms with van der Waals surface area (Å²) in [5.41, 5.74) is -1.05. The average molecular weight is 328 g/mol. The number of hydrogen-bond donors (Lipinski definition) is 2. The van der Waals surface area contributed by atoms with E-state index in [4.69, 9.17) is 0 Å². The fourth-order valence-electron chi connectivity index (χ4n) is 2.75. The molecule has 0 aromatic carbocycles. The first-order valence-corrected chi connectivity index (χ1v) is 10.0. The largest absolute Gasteiger partial charge is 0.371 e. The van der Waals surface area contributed by atoms with E-state index in [1.807, 2.05) is 6.92 Å². The summed E-state index contributed by atoms with van der Waals surface area (Å²) < 4.78 is 0. The smallest absolute Gasteiger partial charge is 0.222 e. The normalized spacial score (nSPS) is 13.7. The summed E-state index contributed by atoms with van der Waals surface area (Å²) in [5.74, 6) is -0.0278. The summed E-state index contributed by atoms with van der Waals surface area (Å²) in [6, 6.07) is 0. The number of nitrogens with one attached hydrogen (secondary N) is 1. The highest BCUT2D eigenvalue weighted by Crippen LogP contribution is 2.13. The second kappa shape index (κ2) is 15.0. The van der Waals surface area contributed by atoms with Crippen LogP contribution >= 0.6 is 0 Å². The zero-order chi connectivity index (χ0) is 17.4. The molecule has 0 radical (unpaired) electrons. The Labute approximate surface area is 144 Å². The SMILES string of the molecule is CCCCCCCCCCCCCCCC(=O)NC(C)(O)CC. The van der Waals surface area contributed by atoms with Gasteiger partial charge >= 0.3 is 0 Å². The van der Waals surface area contributed by atoms with Crippen molar-refractivity contribution < 1.29 is 9.90 Å². The molecule has 0 aliphatic heterocycles. The molecule has 138 valence electrons. The van der Waals surface area contributed by atoms with Crippen LogP contribution in [0.3, 0.4) is 0 Å². The predicted octanol–water partition coefficient (Wildman–Crippen LogP) is 5.70. The van der Waals surface area contributed by atoms with E-state index in [1.165, 1.54) is 70.6 Å². The van der Waals surface area contributed by atoms with Crippen LogP contribution in [-0.4, -0.2) is 16.7 Å². The first kappa shape index (κ1) is 22.4. The molecule has 1 amide bonds. The fourth-order valence-corrected chi connectivity index (χ4v) is 2.75. The van der Waals surface area contributed by atoms with Gasteiger partial charge in [0.2, 0.25) is 5.91 Å². The maximum Gasteiger partial charge on any atom is 0.222 e. The molecule has 0 aromatic heterocycles. The van der Waals surface area contributed by atoms with Crippen LogP contribution in [0.25, 0.3) is 0 Å². The summed E-state index contributed by atoms with van der Waals surface area (Å²) >= 11 is 0. The number of unbranched alkanes of at least 4 members (excludes halogenated alkanes) is 12. The van der Waals surface area contributed by atoms with Crippen molar-refractivity contribution in [3.63, 3.8) is 0 Å². The Hall–Kier alpha value is -0.570. The summed E-state index contributed by atoms with van der Waals surface area (Å²) in [5, 5.41) is 12.4. The quantitative estimate of drug-likeness (QED) is 0.282. The van der Waals surface area contributed by atoms with E-state index in [0.717, 1.165) is 12.8 Å². The van der Waals surface area contributed by atoms with Gasteiger partial charge in [0.1, 0.15) is 5.72 Å². The maximum absolute atomic E-state index is 11.6. The molecule has 0 fully saturated rings. The van der Waals surface area contributed by atoms with Crippen LogP contribution in [0.4, 0.5) is 0 Å². The highest BCUT2D eigenvalue weighted by atomic mass is 16.3. The van der Waals surface area contributed by atoms with Gasteiger partial charge in [-0.25, -0.2) is 0 Å². The molecule has 1 unspecified atom stereocenters. The van der Waals surface area contributed by atoms with Crippen LogP contribution in [0.2, 0.25) is 0 Å². The predicted molar refractivity (Wildman–Crippen MR) is 99.4 cm³/mol. The van der Waals surface area contributed by atoms with Gasteiger partial charge in [0, 0.05) is 6.42 Å². The Morgan fingerprint density at radius 1 is 0.783 bits per heavy atom. The van der Waals surface area contributed by atoms with Crippen molar-refractivity contribution in [3.8, 4) is 0 Å². The lowest BCUT2D eigenvalue weighted by molar-refractivity contribution is -0.128. The molecule has 0 bridgehead atoms. The van der Waals surface area contributed by atoms with E-state index in [2.05, 4.69) is 12.2 Å². The lowest BCUT2D eigenvalue weighted by Crippen LogP contribution is -2.45. The molecule has 23 heavy (non-hydrogen) atoms. The number of carbonyl (C=O) groups is 1. The first-order valence-electron chi connectivity index (χ1n) is 10.0. The van der Waals surface area contributed by atoms with E-state index >= 15 is 0 Å². The molecule has 1 atom stereocenters. The molecule has 0 saturated heterocycles. The van der Waals surface area contributed by atoms with Crippen LogP contribution in [0, 0.1) is 0 Å². The van der Waals surface area contributed by atoms with Crippen molar-refractivity contribution in [2.45, 2.75) is 123 Å². The lowest BCUT2D eigenvalue weighted by atomic mass is 10.0. The van der Waals surface area contributed by atoms with Gasteiger partial charge in [-0.05, 0) is 19.8 Å². The van der Waals surface area contributed by atoms with Gasteiger partial charge < -0.3 is 10.4 Å². The molecule has 3 heteroatoms. The third kappa shape index (κ3) is 16.1. The second-order valence-corrected chi connectivity index (χ2v) is 7.17. The van der Waals surface area contributed by atoms with Gasteiger partial charge in [-0.2, -0.15) is 0 Å². The van der Waals surface area contributed by atoms with E-state index in [1.54, 1.807) is 6.92 Å². The number of amides is 1. The molecule has 0 aliphatic rings. The number of rotatable bonds is 16. The molecule has 0 heterocycles. The van der Waals surface area contributed by atoms with Crippen LogP contribution in [0.5, 0.6) is 0 Å². The Bertz CT molecular complexity index is 277. The van der Waals surface area contributed by atoms with Gasteiger partial charge in [0.05, 0.1) is 0 Å². The standard InChI is InChI=1S/C20H41NO2/c1-4-6-7-8-9-10-11-12-13-14-15-16-17-18-19(22)21-20(3,23)5-2/h23H,4-18H2,1-3H3,(H,21,22). The molecule has 0 rings (SSSR count). The second-order valence-electron chi connectivity index (χ2n) is 7.17. The molecular weight excluding hydrogens is 286 g/mol. The van der Waals surface area contributed by atoms with Crippen LogP contribution in [0.1, 0.15) is 117 Å². The molecule has 0 saturated carbocycles. The topological polar surface area (TPSA) is 49.3 Å². The van der Waals surface area contributed by atoms with Gasteiger partial charge in [-0.1, -0.05) is 90.9 Å². The highest BCUT2D eigenvalue weighted by molar-refractivity contribution is 5.76. The Morgan fingerprint density at radius 2 is 1.17 bits per heavy atom. The van der Waals surface area contributed by atoms with Crippen molar-refractivity contribution >= 4 is 5.91 Å². The van der Waals surface area contributed by atoms with E-state index < -0.39 is 5.72 Å². The lowest BCUT2D eigenvalue weighted by Gasteiger charge is -2.22. The van der Waals surface area contributed by atoms with Gasteiger partial charge in [-0.15, -0.1) is 0 Å². The van der Waals surface area contributed by atoms with Crippen LogP contribution in [0.15, 0.2) is 0 Å². The highest BCUT2D eigenvalue weighted by Gasteiger charge is 2.19. The zero-order valence-corrected chi connectivity index (χ0v) is 16.0. The molecule has 3 nitrogen and oxygen atoms in total. The Kier molecular flexibility index (Phi) is 14.6. The monoisotopic (exact) mass is 327 g/mol. The average Bonchev–Trinajstić information content (AvgIpc) is 2.51. The fraction of sp³-hybridized carbons (Fsp3) is 0.950. The van der Waals surface area contributed by atoms with Gasteiger partial charge in [0.25, 0.3) is 0 Å². The summed E-state index contributed by atoms with van der Waals surface area (Å²) in [6.45, 7) is 5.78. The third-order valence-corrected chi connectivity index (χ3v) is 4.60. The molecule has 0 spiro atoms. The number of aliphatic hydroxyl groups is 1. The van der Waals surface area contributed by atoms with Gasteiger partial charge in [0.15, 0.2) is 0 Å². The van der Waals surface area contributed by atoms with E-state index in [-0.39, 0.29) is 5.91 Å². The number of hydrogen-bond acceptors (Lipinski definition) is 2. The van der Waals surface area contributed by atoms with Crippen LogP contribution < -0.4 is 5.32 Å². The number of carbonyl (C=O) groups excluding carboxylic acids is 1.